The number of rotatable bonds is 7. The lowest BCUT2D eigenvalue weighted by molar-refractivity contribution is -0.132. The molecule has 0 spiro atoms. The van der Waals surface area contributed by atoms with E-state index in [0.29, 0.717) is 24.4 Å². The molecule has 0 saturated heterocycles. The molecule has 0 saturated carbocycles. The van der Waals surface area contributed by atoms with Crippen molar-refractivity contribution in [2.75, 3.05) is 11.9 Å². The third-order valence-corrected chi connectivity index (χ3v) is 4.84. The fourth-order valence-corrected chi connectivity index (χ4v) is 3.06. The van der Waals surface area contributed by atoms with E-state index in [1.165, 1.54) is 5.01 Å². The molecule has 0 aromatic heterocycles. The topological polar surface area (TPSA) is 90.9 Å². The number of carbonyl (C=O) groups is 3. The van der Waals surface area contributed by atoms with E-state index in [9.17, 15) is 14.4 Å². The minimum absolute atomic E-state index is 0.112. The molecule has 8 heteroatoms. The van der Waals surface area contributed by atoms with E-state index in [0.717, 1.165) is 10.0 Å². The van der Waals surface area contributed by atoms with Gasteiger partial charge in [0.2, 0.25) is 11.8 Å². The van der Waals surface area contributed by atoms with Crippen LogP contribution in [0.5, 0.6) is 0 Å². The molecular weight excluding hydrogens is 436 g/mol. The SMILES string of the molecule is O=C(CCNC(=O)C1=NN(Cc2ccccc2)C(=O)CC1)Nc1ccc(Br)cc1. The normalized spacial score (nSPS) is 13.6. The number of nitrogens with zero attached hydrogens (tertiary/aromatic N) is 2. The number of amides is 3. The second kappa shape index (κ2) is 9.97. The summed E-state index contributed by atoms with van der Waals surface area (Å²) in [4.78, 5) is 36.5. The van der Waals surface area contributed by atoms with Gasteiger partial charge in [-0.15, -0.1) is 0 Å². The lowest BCUT2D eigenvalue weighted by atomic mass is 10.1. The summed E-state index contributed by atoms with van der Waals surface area (Å²) in [7, 11) is 0. The maximum absolute atomic E-state index is 12.4. The highest BCUT2D eigenvalue weighted by atomic mass is 79.9. The van der Waals surface area contributed by atoms with Crippen molar-refractivity contribution in [1.82, 2.24) is 10.3 Å². The predicted molar refractivity (Wildman–Crippen MR) is 114 cm³/mol. The van der Waals surface area contributed by atoms with Gasteiger partial charge in [-0.05, 0) is 29.8 Å². The van der Waals surface area contributed by atoms with Crippen molar-refractivity contribution in [2.24, 2.45) is 5.10 Å². The first-order valence-corrected chi connectivity index (χ1v) is 10.1. The van der Waals surface area contributed by atoms with Crippen LogP contribution < -0.4 is 10.6 Å². The first kappa shape index (κ1) is 20.7. The number of hydrogen-bond acceptors (Lipinski definition) is 4. The predicted octanol–water partition coefficient (Wildman–Crippen LogP) is 3.07. The Morgan fingerprint density at radius 3 is 2.48 bits per heavy atom. The minimum Gasteiger partial charge on any atom is -0.350 e. The molecule has 2 aromatic rings. The molecule has 0 bridgehead atoms. The lowest BCUT2D eigenvalue weighted by Gasteiger charge is -2.23. The summed E-state index contributed by atoms with van der Waals surface area (Å²) in [6.45, 7) is 0.513. The summed E-state index contributed by atoms with van der Waals surface area (Å²) in [5.74, 6) is -0.662. The van der Waals surface area contributed by atoms with Crippen molar-refractivity contribution in [3.8, 4) is 0 Å². The molecule has 29 heavy (non-hydrogen) atoms. The third kappa shape index (κ3) is 6.25. The van der Waals surface area contributed by atoms with Crippen molar-refractivity contribution >= 4 is 45.1 Å². The van der Waals surface area contributed by atoms with E-state index >= 15 is 0 Å². The highest BCUT2D eigenvalue weighted by Crippen LogP contribution is 2.15. The molecular formula is C21H21BrN4O3. The van der Waals surface area contributed by atoms with Crippen LogP contribution in [0.4, 0.5) is 5.69 Å². The van der Waals surface area contributed by atoms with Gasteiger partial charge in [0, 0.05) is 36.0 Å². The first-order chi connectivity index (χ1) is 14.0. The number of carbonyl (C=O) groups excluding carboxylic acids is 3. The summed E-state index contributed by atoms with van der Waals surface area (Å²) >= 11 is 3.34. The van der Waals surface area contributed by atoms with Gasteiger partial charge in [0.1, 0.15) is 5.71 Å². The van der Waals surface area contributed by atoms with E-state index in [2.05, 4.69) is 31.7 Å². The van der Waals surface area contributed by atoms with Gasteiger partial charge in [-0.2, -0.15) is 5.10 Å². The zero-order chi connectivity index (χ0) is 20.6. The van der Waals surface area contributed by atoms with E-state index in [-0.39, 0.29) is 37.1 Å². The summed E-state index contributed by atoms with van der Waals surface area (Å²) in [6, 6.07) is 16.7. The average molecular weight is 457 g/mol. The van der Waals surface area contributed by atoms with E-state index in [1.807, 2.05) is 42.5 Å². The highest BCUT2D eigenvalue weighted by molar-refractivity contribution is 9.10. The van der Waals surface area contributed by atoms with E-state index in [1.54, 1.807) is 12.1 Å². The number of hydrogen-bond donors (Lipinski definition) is 2. The summed E-state index contributed by atoms with van der Waals surface area (Å²) < 4.78 is 0.927. The fraction of sp³-hybridized carbons (Fsp3) is 0.238. The van der Waals surface area contributed by atoms with Crippen LogP contribution in [0.15, 0.2) is 64.2 Å². The Hall–Kier alpha value is -3.00. The van der Waals surface area contributed by atoms with Gasteiger partial charge in [-0.3, -0.25) is 14.4 Å². The second-order valence-corrected chi connectivity index (χ2v) is 7.46. The molecule has 1 heterocycles. The smallest absolute Gasteiger partial charge is 0.267 e. The Labute approximate surface area is 177 Å². The molecule has 1 aliphatic rings. The van der Waals surface area contributed by atoms with Crippen LogP contribution in [-0.2, 0) is 20.9 Å². The number of benzene rings is 2. The third-order valence-electron chi connectivity index (χ3n) is 4.31. The van der Waals surface area contributed by atoms with Gasteiger partial charge in [0.15, 0.2) is 0 Å². The maximum Gasteiger partial charge on any atom is 0.267 e. The molecule has 3 amide bonds. The van der Waals surface area contributed by atoms with Crippen LogP contribution in [0.25, 0.3) is 0 Å². The Balaban J connectivity index is 1.49. The van der Waals surface area contributed by atoms with Gasteiger partial charge in [0.05, 0.1) is 6.54 Å². The Morgan fingerprint density at radius 1 is 1.03 bits per heavy atom. The Bertz CT molecular complexity index is 913. The molecule has 2 aromatic carbocycles. The number of halogens is 1. The molecule has 0 atom stereocenters. The van der Waals surface area contributed by atoms with Crippen LogP contribution in [-0.4, -0.2) is 35.0 Å². The molecule has 7 nitrogen and oxygen atoms in total. The quantitative estimate of drug-likeness (QED) is 0.670. The fourth-order valence-electron chi connectivity index (χ4n) is 2.79. The number of hydrazone groups is 1. The Kier molecular flexibility index (Phi) is 7.13. The molecule has 150 valence electrons. The monoisotopic (exact) mass is 456 g/mol. The zero-order valence-corrected chi connectivity index (χ0v) is 17.3. The standard InChI is InChI=1S/C21H21BrN4O3/c22-16-6-8-17(9-7-16)24-19(27)12-13-23-21(29)18-10-11-20(28)26(25-18)14-15-4-2-1-3-5-15/h1-9H,10-14H2,(H,23,29)(H,24,27). The molecule has 0 radical (unpaired) electrons. The van der Waals surface area contributed by atoms with Crippen molar-refractivity contribution in [2.45, 2.75) is 25.8 Å². The summed E-state index contributed by atoms with van der Waals surface area (Å²) in [5, 5.41) is 11.0. The lowest BCUT2D eigenvalue weighted by Crippen LogP contribution is -2.39. The van der Waals surface area contributed by atoms with Crippen LogP contribution >= 0.6 is 15.9 Å². The van der Waals surface area contributed by atoms with Crippen molar-refractivity contribution in [3.63, 3.8) is 0 Å². The van der Waals surface area contributed by atoms with Crippen LogP contribution in [0, 0.1) is 0 Å². The van der Waals surface area contributed by atoms with Crippen molar-refractivity contribution < 1.29 is 14.4 Å². The van der Waals surface area contributed by atoms with Crippen LogP contribution in [0.1, 0.15) is 24.8 Å². The van der Waals surface area contributed by atoms with Gasteiger partial charge >= 0.3 is 0 Å². The second-order valence-electron chi connectivity index (χ2n) is 6.54. The molecule has 0 aliphatic carbocycles. The largest absolute Gasteiger partial charge is 0.350 e. The molecule has 0 fully saturated rings. The van der Waals surface area contributed by atoms with Crippen molar-refractivity contribution in [3.05, 3.63) is 64.6 Å². The first-order valence-electron chi connectivity index (χ1n) is 9.26. The van der Waals surface area contributed by atoms with E-state index < -0.39 is 0 Å². The van der Waals surface area contributed by atoms with Gasteiger partial charge in [-0.25, -0.2) is 5.01 Å². The molecule has 0 unspecified atom stereocenters. The summed E-state index contributed by atoms with van der Waals surface area (Å²) in [6.07, 6.45) is 0.673. The van der Waals surface area contributed by atoms with Gasteiger partial charge < -0.3 is 10.6 Å². The highest BCUT2D eigenvalue weighted by Gasteiger charge is 2.24. The number of anilines is 1. The van der Waals surface area contributed by atoms with Crippen molar-refractivity contribution in [1.29, 1.82) is 0 Å². The maximum atomic E-state index is 12.4. The number of nitrogens with one attached hydrogen (secondary N) is 2. The van der Waals surface area contributed by atoms with E-state index in [4.69, 9.17) is 0 Å². The van der Waals surface area contributed by atoms with Crippen LogP contribution in [0.2, 0.25) is 0 Å². The molecule has 2 N–H and O–H groups in total. The summed E-state index contributed by atoms with van der Waals surface area (Å²) in [5.41, 5.74) is 1.93. The average Bonchev–Trinajstić information content (AvgIpc) is 2.72. The molecule has 3 rings (SSSR count). The minimum atomic E-state index is -0.355. The van der Waals surface area contributed by atoms with Gasteiger partial charge in [0.25, 0.3) is 5.91 Å². The molecule has 1 aliphatic heterocycles. The zero-order valence-electron chi connectivity index (χ0n) is 15.7. The van der Waals surface area contributed by atoms with Crippen LogP contribution in [0.3, 0.4) is 0 Å². The Morgan fingerprint density at radius 2 is 1.76 bits per heavy atom. The van der Waals surface area contributed by atoms with Gasteiger partial charge in [-0.1, -0.05) is 46.3 Å².